The minimum Gasteiger partial charge on any atom is -0.462 e. The summed E-state index contributed by atoms with van der Waals surface area (Å²) in [6.07, 6.45) is 0.113. The number of amides is 2. The zero-order chi connectivity index (χ0) is 21.1. The molecule has 1 aliphatic rings. The summed E-state index contributed by atoms with van der Waals surface area (Å²) >= 11 is 2.85. The van der Waals surface area contributed by atoms with Crippen molar-refractivity contribution in [1.29, 1.82) is 0 Å². The van der Waals surface area contributed by atoms with Crippen LogP contribution in [0, 0.1) is 5.92 Å². The fraction of sp³-hybridized carbons (Fsp3) is 0.250. The van der Waals surface area contributed by atoms with E-state index < -0.39 is 11.9 Å². The quantitative estimate of drug-likeness (QED) is 0.587. The van der Waals surface area contributed by atoms with Crippen molar-refractivity contribution >= 4 is 51.3 Å². The lowest BCUT2D eigenvalue weighted by molar-refractivity contribution is -0.122. The molecule has 1 aromatic carbocycles. The number of hydrogen-bond acceptors (Lipinski definition) is 8. The molecule has 154 valence electrons. The van der Waals surface area contributed by atoms with E-state index in [1.54, 1.807) is 47.4 Å². The number of carbonyl (C=O) groups excluding carboxylic acids is 3. The van der Waals surface area contributed by atoms with Crippen LogP contribution in [-0.4, -0.2) is 41.1 Å². The third kappa shape index (κ3) is 4.24. The highest BCUT2D eigenvalue weighted by molar-refractivity contribution is 7.23. The van der Waals surface area contributed by atoms with Crippen molar-refractivity contribution in [3.63, 3.8) is 0 Å². The Balaban J connectivity index is 1.39. The van der Waals surface area contributed by atoms with Crippen LogP contribution in [0.5, 0.6) is 0 Å². The van der Waals surface area contributed by atoms with Gasteiger partial charge in [-0.3, -0.25) is 9.59 Å². The first-order valence-electron chi connectivity index (χ1n) is 9.31. The van der Waals surface area contributed by atoms with Crippen LogP contribution in [0.25, 0.3) is 9.88 Å². The van der Waals surface area contributed by atoms with Gasteiger partial charge >= 0.3 is 5.97 Å². The van der Waals surface area contributed by atoms with Crippen molar-refractivity contribution in [2.45, 2.75) is 13.3 Å². The second-order valence-corrected chi connectivity index (χ2v) is 8.48. The van der Waals surface area contributed by atoms with Crippen molar-refractivity contribution in [3.05, 3.63) is 47.3 Å². The number of benzene rings is 1. The number of nitrogens with one attached hydrogen (secondary N) is 1. The molecular weight excluding hydrogens is 424 g/mol. The second-order valence-electron chi connectivity index (χ2n) is 6.55. The predicted octanol–water partition coefficient (Wildman–Crippen LogP) is 3.43. The van der Waals surface area contributed by atoms with Gasteiger partial charge in [-0.05, 0) is 42.6 Å². The molecule has 0 aliphatic carbocycles. The van der Waals surface area contributed by atoms with Crippen molar-refractivity contribution < 1.29 is 19.1 Å². The van der Waals surface area contributed by atoms with E-state index in [1.807, 2.05) is 17.5 Å². The van der Waals surface area contributed by atoms with E-state index >= 15 is 0 Å². The van der Waals surface area contributed by atoms with E-state index in [-0.39, 0.29) is 24.8 Å². The van der Waals surface area contributed by atoms with Crippen LogP contribution in [0.3, 0.4) is 0 Å². The van der Waals surface area contributed by atoms with Gasteiger partial charge in [-0.2, -0.15) is 0 Å². The van der Waals surface area contributed by atoms with Crippen LogP contribution >= 0.6 is 22.7 Å². The molecule has 2 aromatic heterocycles. The summed E-state index contributed by atoms with van der Waals surface area (Å²) < 4.78 is 4.96. The standard InChI is InChI=1S/C20H18N4O4S2/c1-2-28-19(27)12-5-7-14(8-6-12)24-11-13(10-16(24)25)17(26)21-20-23-22-18(30-20)15-4-3-9-29-15/h3-9,13H,2,10-11H2,1H3,(H,21,23,26). The summed E-state index contributed by atoms with van der Waals surface area (Å²) in [6, 6.07) is 10.5. The normalized spacial score (nSPS) is 16.0. The monoisotopic (exact) mass is 442 g/mol. The minimum absolute atomic E-state index is 0.113. The van der Waals surface area contributed by atoms with Crippen LogP contribution in [-0.2, 0) is 14.3 Å². The molecule has 3 aromatic rings. The summed E-state index contributed by atoms with van der Waals surface area (Å²) in [5, 5.41) is 14.0. The first-order chi connectivity index (χ1) is 14.5. The Morgan fingerprint density at radius 2 is 2.03 bits per heavy atom. The van der Waals surface area contributed by atoms with Crippen LogP contribution in [0.15, 0.2) is 41.8 Å². The van der Waals surface area contributed by atoms with Crippen LogP contribution in [0.1, 0.15) is 23.7 Å². The van der Waals surface area contributed by atoms with Crippen LogP contribution < -0.4 is 10.2 Å². The molecule has 2 amide bonds. The lowest BCUT2D eigenvalue weighted by atomic mass is 10.1. The molecule has 30 heavy (non-hydrogen) atoms. The lowest BCUT2D eigenvalue weighted by Crippen LogP contribution is -2.28. The Kier molecular flexibility index (Phi) is 5.86. The summed E-state index contributed by atoms with van der Waals surface area (Å²) in [5.41, 5.74) is 1.05. The number of carbonyl (C=O) groups is 3. The molecule has 1 fully saturated rings. The molecule has 1 N–H and O–H groups in total. The number of anilines is 2. The maximum absolute atomic E-state index is 12.6. The van der Waals surface area contributed by atoms with Gasteiger partial charge in [-0.25, -0.2) is 4.79 Å². The van der Waals surface area contributed by atoms with E-state index in [9.17, 15) is 14.4 Å². The van der Waals surface area contributed by atoms with E-state index in [0.29, 0.717) is 23.0 Å². The molecule has 0 bridgehead atoms. The number of thiophene rings is 1. The van der Waals surface area contributed by atoms with Gasteiger partial charge in [0.15, 0.2) is 5.01 Å². The zero-order valence-electron chi connectivity index (χ0n) is 16.0. The van der Waals surface area contributed by atoms with Crippen LogP contribution in [0.2, 0.25) is 0 Å². The number of ether oxygens (including phenoxy) is 1. The fourth-order valence-electron chi connectivity index (χ4n) is 3.11. The van der Waals surface area contributed by atoms with E-state index in [0.717, 1.165) is 9.88 Å². The molecular formula is C20H18N4O4S2. The van der Waals surface area contributed by atoms with E-state index in [1.165, 1.54) is 11.3 Å². The third-order valence-electron chi connectivity index (χ3n) is 4.57. The fourth-order valence-corrected chi connectivity index (χ4v) is 4.64. The van der Waals surface area contributed by atoms with Gasteiger partial charge in [0.05, 0.1) is 23.0 Å². The average Bonchev–Trinajstić information content (AvgIpc) is 3.49. The van der Waals surface area contributed by atoms with Gasteiger partial charge in [-0.1, -0.05) is 17.4 Å². The molecule has 8 nitrogen and oxygen atoms in total. The summed E-state index contributed by atoms with van der Waals surface area (Å²) in [7, 11) is 0. The Morgan fingerprint density at radius 3 is 2.73 bits per heavy atom. The maximum Gasteiger partial charge on any atom is 0.338 e. The highest BCUT2D eigenvalue weighted by Crippen LogP contribution is 2.31. The van der Waals surface area contributed by atoms with Gasteiger partial charge in [0.1, 0.15) is 0 Å². The maximum atomic E-state index is 12.6. The number of esters is 1. The molecule has 0 saturated carbocycles. The topological polar surface area (TPSA) is 101 Å². The molecule has 1 atom stereocenters. The molecule has 1 saturated heterocycles. The second kappa shape index (κ2) is 8.72. The largest absolute Gasteiger partial charge is 0.462 e. The molecule has 0 spiro atoms. The van der Waals surface area contributed by atoms with Crippen molar-refractivity contribution in [2.75, 3.05) is 23.4 Å². The van der Waals surface area contributed by atoms with Gasteiger partial charge in [0, 0.05) is 18.7 Å². The van der Waals surface area contributed by atoms with Gasteiger partial charge in [0.25, 0.3) is 0 Å². The summed E-state index contributed by atoms with van der Waals surface area (Å²) in [4.78, 5) is 39.4. The minimum atomic E-state index is -0.490. The number of nitrogens with zero attached hydrogens (tertiary/aromatic N) is 3. The summed E-state index contributed by atoms with van der Waals surface area (Å²) in [5.74, 6) is -1.30. The average molecular weight is 443 g/mol. The third-order valence-corrected chi connectivity index (χ3v) is 6.45. The van der Waals surface area contributed by atoms with Crippen molar-refractivity contribution in [2.24, 2.45) is 5.92 Å². The SMILES string of the molecule is CCOC(=O)c1ccc(N2CC(C(=O)Nc3nnc(-c4cccs4)s3)CC2=O)cc1. The zero-order valence-corrected chi connectivity index (χ0v) is 17.7. The predicted molar refractivity (Wildman–Crippen MR) is 115 cm³/mol. The summed E-state index contributed by atoms with van der Waals surface area (Å²) in [6.45, 7) is 2.30. The lowest BCUT2D eigenvalue weighted by Gasteiger charge is -2.16. The van der Waals surface area contributed by atoms with Crippen LogP contribution in [0.4, 0.5) is 10.8 Å². The van der Waals surface area contributed by atoms with Gasteiger partial charge in [-0.15, -0.1) is 21.5 Å². The van der Waals surface area contributed by atoms with Crippen molar-refractivity contribution in [3.8, 4) is 9.88 Å². The number of hydrogen-bond donors (Lipinski definition) is 1. The molecule has 0 radical (unpaired) electrons. The molecule has 4 rings (SSSR count). The van der Waals surface area contributed by atoms with E-state index in [2.05, 4.69) is 15.5 Å². The Hall–Kier alpha value is -3.11. The first kappa shape index (κ1) is 20.2. The molecule has 3 heterocycles. The molecule has 1 aliphatic heterocycles. The Labute approximate surface area is 180 Å². The number of aromatic nitrogens is 2. The highest BCUT2D eigenvalue weighted by atomic mass is 32.1. The van der Waals surface area contributed by atoms with Crippen molar-refractivity contribution in [1.82, 2.24) is 10.2 Å². The highest BCUT2D eigenvalue weighted by Gasteiger charge is 2.35. The number of rotatable bonds is 6. The van der Waals surface area contributed by atoms with Gasteiger partial charge < -0.3 is 15.0 Å². The Bertz CT molecular complexity index is 1060. The smallest absolute Gasteiger partial charge is 0.338 e. The molecule has 1 unspecified atom stereocenters. The van der Waals surface area contributed by atoms with E-state index in [4.69, 9.17) is 4.74 Å². The molecule has 10 heteroatoms. The first-order valence-corrected chi connectivity index (χ1v) is 11.0. The van der Waals surface area contributed by atoms with Gasteiger partial charge in [0.2, 0.25) is 16.9 Å². The Morgan fingerprint density at radius 1 is 1.23 bits per heavy atom.